The predicted molar refractivity (Wildman–Crippen MR) is 103 cm³/mol. The van der Waals surface area contributed by atoms with Gasteiger partial charge in [0.2, 0.25) is 0 Å². The number of esters is 3. The zero-order valence-corrected chi connectivity index (χ0v) is 16.1. The standard InChI is InChI=1S/C22H22O6/c1-26-20(23)18(19(21(24)27-2)22(25)28-3)17-12-8-7-11-16(17)14-13-15-9-5-4-6-10-15/h4-12H,13-14H2,1-3H3. The van der Waals surface area contributed by atoms with Crippen LogP contribution < -0.4 is 0 Å². The summed E-state index contributed by atoms with van der Waals surface area (Å²) < 4.78 is 14.2. The first kappa shape index (κ1) is 20.9. The van der Waals surface area contributed by atoms with Gasteiger partial charge in [-0.05, 0) is 29.5 Å². The highest BCUT2D eigenvalue weighted by molar-refractivity contribution is 6.32. The van der Waals surface area contributed by atoms with E-state index >= 15 is 0 Å². The van der Waals surface area contributed by atoms with E-state index in [4.69, 9.17) is 14.2 Å². The molecule has 0 saturated carbocycles. The van der Waals surface area contributed by atoms with Crippen LogP contribution in [0.2, 0.25) is 0 Å². The van der Waals surface area contributed by atoms with Crippen LogP contribution in [0.15, 0.2) is 60.2 Å². The monoisotopic (exact) mass is 382 g/mol. The lowest BCUT2D eigenvalue weighted by molar-refractivity contribution is -0.145. The van der Waals surface area contributed by atoms with Gasteiger partial charge in [-0.1, -0.05) is 54.6 Å². The van der Waals surface area contributed by atoms with E-state index in [0.29, 0.717) is 12.0 Å². The van der Waals surface area contributed by atoms with Crippen LogP contribution in [0, 0.1) is 0 Å². The highest BCUT2D eigenvalue weighted by Gasteiger charge is 2.31. The molecule has 0 aromatic heterocycles. The second kappa shape index (κ2) is 10.1. The Morgan fingerprint density at radius 1 is 0.679 bits per heavy atom. The molecule has 0 atom stereocenters. The molecule has 2 aromatic rings. The summed E-state index contributed by atoms with van der Waals surface area (Å²) in [6.45, 7) is 0. The molecule has 0 radical (unpaired) electrons. The summed E-state index contributed by atoms with van der Waals surface area (Å²) in [7, 11) is 3.43. The number of ether oxygens (including phenoxy) is 3. The molecule has 0 heterocycles. The molecule has 6 heteroatoms. The summed E-state index contributed by atoms with van der Waals surface area (Å²) in [6.07, 6.45) is 1.31. The van der Waals surface area contributed by atoms with Crippen LogP contribution in [0.3, 0.4) is 0 Å². The fourth-order valence-electron chi connectivity index (χ4n) is 2.85. The minimum atomic E-state index is -0.967. The average Bonchev–Trinajstić information content (AvgIpc) is 2.75. The number of hydrogen-bond donors (Lipinski definition) is 0. The van der Waals surface area contributed by atoms with Crippen molar-refractivity contribution in [3.63, 3.8) is 0 Å². The van der Waals surface area contributed by atoms with E-state index < -0.39 is 23.5 Å². The van der Waals surface area contributed by atoms with Gasteiger partial charge in [-0.2, -0.15) is 0 Å². The third kappa shape index (κ3) is 4.85. The first-order valence-corrected chi connectivity index (χ1v) is 8.64. The molecule has 0 spiro atoms. The lowest BCUT2D eigenvalue weighted by Crippen LogP contribution is -2.22. The van der Waals surface area contributed by atoms with Crippen LogP contribution in [0.4, 0.5) is 0 Å². The maximum absolute atomic E-state index is 12.5. The number of methoxy groups -OCH3 is 3. The zero-order chi connectivity index (χ0) is 20.5. The molecule has 0 aliphatic rings. The quantitative estimate of drug-likeness (QED) is 0.241. The molecule has 0 aliphatic heterocycles. The summed E-state index contributed by atoms with van der Waals surface area (Å²) in [5, 5.41) is 0. The number of aryl methyl sites for hydroxylation is 2. The van der Waals surface area contributed by atoms with Crippen molar-refractivity contribution in [2.75, 3.05) is 21.3 Å². The normalized spacial score (nSPS) is 9.96. The Labute approximate surface area is 163 Å². The Bertz CT molecular complexity index is 865. The van der Waals surface area contributed by atoms with Crippen LogP contribution in [-0.4, -0.2) is 39.2 Å². The molecular formula is C22H22O6. The number of carbonyl (C=O) groups excluding carboxylic acids is 3. The maximum Gasteiger partial charge on any atom is 0.346 e. The molecule has 0 N–H and O–H groups in total. The van der Waals surface area contributed by atoms with Crippen LogP contribution in [0.25, 0.3) is 5.57 Å². The third-order valence-corrected chi connectivity index (χ3v) is 4.23. The van der Waals surface area contributed by atoms with Crippen molar-refractivity contribution in [1.29, 1.82) is 0 Å². The molecule has 0 aliphatic carbocycles. The van der Waals surface area contributed by atoms with Gasteiger partial charge in [0.15, 0.2) is 5.57 Å². The lowest BCUT2D eigenvalue weighted by atomic mass is 9.92. The van der Waals surface area contributed by atoms with Crippen molar-refractivity contribution in [2.24, 2.45) is 0 Å². The van der Waals surface area contributed by atoms with Crippen LogP contribution >= 0.6 is 0 Å². The topological polar surface area (TPSA) is 78.9 Å². The summed E-state index contributed by atoms with van der Waals surface area (Å²) in [5.74, 6) is -2.76. The average molecular weight is 382 g/mol. The van der Waals surface area contributed by atoms with E-state index in [-0.39, 0.29) is 5.57 Å². The molecule has 6 nitrogen and oxygen atoms in total. The minimum Gasteiger partial charge on any atom is -0.465 e. The summed E-state index contributed by atoms with van der Waals surface area (Å²) in [4.78, 5) is 37.0. The fourth-order valence-corrected chi connectivity index (χ4v) is 2.85. The molecule has 146 valence electrons. The van der Waals surface area contributed by atoms with Crippen LogP contribution in [0.1, 0.15) is 16.7 Å². The first-order chi connectivity index (χ1) is 13.5. The Morgan fingerprint density at radius 3 is 1.79 bits per heavy atom. The molecule has 0 fully saturated rings. The molecule has 0 amide bonds. The van der Waals surface area contributed by atoms with E-state index in [2.05, 4.69) is 0 Å². The number of rotatable bonds is 7. The van der Waals surface area contributed by atoms with Gasteiger partial charge in [0, 0.05) is 0 Å². The second-order valence-corrected chi connectivity index (χ2v) is 5.87. The van der Waals surface area contributed by atoms with Gasteiger partial charge >= 0.3 is 17.9 Å². The zero-order valence-electron chi connectivity index (χ0n) is 16.1. The van der Waals surface area contributed by atoms with E-state index in [1.165, 1.54) is 7.11 Å². The Balaban J connectivity index is 2.58. The Kier molecular flexibility index (Phi) is 7.51. The smallest absolute Gasteiger partial charge is 0.346 e. The molecule has 2 rings (SSSR count). The molecule has 0 saturated heterocycles. The van der Waals surface area contributed by atoms with Crippen molar-refractivity contribution in [3.05, 3.63) is 76.9 Å². The third-order valence-electron chi connectivity index (χ3n) is 4.23. The van der Waals surface area contributed by atoms with Gasteiger partial charge in [-0.3, -0.25) is 0 Å². The van der Waals surface area contributed by atoms with Gasteiger partial charge < -0.3 is 14.2 Å². The summed E-state index contributed by atoms with van der Waals surface area (Å²) >= 11 is 0. The van der Waals surface area contributed by atoms with E-state index in [9.17, 15) is 14.4 Å². The van der Waals surface area contributed by atoms with E-state index in [1.807, 2.05) is 42.5 Å². The predicted octanol–water partition coefficient (Wildman–Crippen LogP) is 2.74. The number of carbonyl (C=O) groups is 3. The van der Waals surface area contributed by atoms with Crippen molar-refractivity contribution < 1.29 is 28.6 Å². The molecule has 0 unspecified atom stereocenters. The highest BCUT2D eigenvalue weighted by atomic mass is 16.5. The molecule has 0 bridgehead atoms. The van der Waals surface area contributed by atoms with Gasteiger partial charge in [-0.25, -0.2) is 14.4 Å². The number of hydrogen-bond acceptors (Lipinski definition) is 6. The van der Waals surface area contributed by atoms with Crippen molar-refractivity contribution in [1.82, 2.24) is 0 Å². The van der Waals surface area contributed by atoms with Gasteiger partial charge in [-0.15, -0.1) is 0 Å². The minimum absolute atomic E-state index is 0.176. The van der Waals surface area contributed by atoms with E-state index in [0.717, 1.165) is 31.8 Å². The summed E-state index contributed by atoms with van der Waals surface area (Å²) in [6, 6.07) is 16.9. The van der Waals surface area contributed by atoms with Gasteiger partial charge in [0.05, 0.1) is 26.9 Å². The highest BCUT2D eigenvalue weighted by Crippen LogP contribution is 2.27. The van der Waals surface area contributed by atoms with Gasteiger partial charge in [0.25, 0.3) is 0 Å². The Hall–Kier alpha value is -3.41. The van der Waals surface area contributed by atoms with Crippen molar-refractivity contribution in [3.8, 4) is 0 Å². The van der Waals surface area contributed by atoms with Crippen LogP contribution in [0.5, 0.6) is 0 Å². The lowest BCUT2D eigenvalue weighted by Gasteiger charge is -2.15. The largest absolute Gasteiger partial charge is 0.465 e. The number of benzene rings is 2. The molecular weight excluding hydrogens is 360 g/mol. The summed E-state index contributed by atoms with van der Waals surface area (Å²) in [5.41, 5.74) is 1.67. The van der Waals surface area contributed by atoms with Crippen molar-refractivity contribution >= 4 is 23.5 Å². The second-order valence-electron chi connectivity index (χ2n) is 5.87. The van der Waals surface area contributed by atoms with Crippen LogP contribution in [-0.2, 0) is 41.4 Å². The van der Waals surface area contributed by atoms with Crippen molar-refractivity contribution in [2.45, 2.75) is 12.8 Å². The Morgan fingerprint density at radius 2 is 1.21 bits per heavy atom. The fraction of sp³-hybridized carbons (Fsp3) is 0.227. The van der Waals surface area contributed by atoms with E-state index in [1.54, 1.807) is 12.1 Å². The first-order valence-electron chi connectivity index (χ1n) is 8.64. The molecule has 2 aromatic carbocycles. The van der Waals surface area contributed by atoms with Gasteiger partial charge in [0.1, 0.15) is 0 Å². The molecule has 28 heavy (non-hydrogen) atoms. The maximum atomic E-state index is 12.5. The SMILES string of the molecule is COC(=O)C(C(=O)OC)=C(C(=O)OC)c1ccccc1CCc1ccccc1.